The molecule has 0 spiro atoms. The third-order valence-electron chi connectivity index (χ3n) is 2.02. The molecule has 70 valence electrons. The highest BCUT2D eigenvalue weighted by atomic mass is 19.4. The summed E-state index contributed by atoms with van der Waals surface area (Å²) in [4.78, 5) is 11.3. The van der Waals surface area contributed by atoms with Gasteiger partial charge in [0.2, 0.25) is 0 Å². The molecular formula is C7H10F3NO. The number of rotatable bonds is 3. The van der Waals surface area contributed by atoms with Gasteiger partial charge in [-0.15, -0.1) is 0 Å². The molecule has 1 aliphatic rings. The second kappa shape index (κ2) is 3.43. The van der Waals surface area contributed by atoms with E-state index in [4.69, 9.17) is 0 Å². The number of hydrogen-bond donors (Lipinski definition) is 0. The van der Waals surface area contributed by atoms with Crippen molar-refractivity contribution >= 4 is 6.29 Å². The zero-order valence-electron chi connectivity index (χ0n) is 6.47. The van der Waals surface area contributed by atoms with Crippen molar-refractivity contribution < 1.29 is 18.0 Å². The van der Waals surface area contributed by atoms with Crippen LogP contribution in [0.2, 0.25) is 0 Å². The summed E-state index contributed by atoms with van der Waals surface area (Å²) in [7, 11) is 0. The minimum Gasteiger partial charge on any atom is -0.303 e. The van der Waals surface area contributed by atoms with Crippen molar-refractivity contribution in [2.45, 2.75) is 25.1 Å². The Bertz CT molecular complexity index is 169. The Kier molecular flexibility index (Phi) is 2.72. The molecule has 0 N–H and O–H groups in total. The van der Waals surface area contributed by atoms with Crippen molar-refractivity contribution in [1.29, 1.82) is 0 Å². The molecule has 1 fully saturated rings. The van der Waals surface area contributed by atoms with Crippen molar-refractivity contribution in [3.05, 3.63) is 0 Å². The molecular weight excluding hydrogens is 171 g/mol. The van der Waals surface area contributed by atoms with Crippen LogP contribution in [0.1, 0.15) is 12.8 Å². The molecule has 1 aliphatic heterocycles. The largest absolute Gasteiger partial charge is 0.401 e. The van der Waals surface area contributed by atoms with E-state index in [0.717, 1.165) is 0 Å². The number of halogens is 3. The number of hydrogen-bond acceptors (Lipinski definition) is 2. The van der Waals surface area contributed by atoms with Crippen molar-refractivity contribution in [3.63, 3.8) is 0 Å². The smallest absolute Gasteiger partial charge is 0.303 e. The highest BCUT2D eigenvalue weighted by Gasteiger charge is 2.37. The van der Waals surface area contributed by atoms with E-state index in [1.807, 2.05) is 0 Å². The van der Waals surface area contributed by atoms with E-state index >= 15 is 0 Å². The lowest BCUT2D eigenvalue weighted by Crippen LogP contribution is -2.51. The average Bonchev–Trinajstić information content (AvgIpc) is 1.92. The molecule has 0 bridgehead atoms. The van der Waals surface area contributed by atoms with E-state index in [1.165, 1.54) is 4.90 Å². The van der Waals surface area contributed by atoms with E-state index in [9.17, 15) is 18.0 Å². The maximum atomic E-state index is 11.8. The molecule has 12 heavy (non-hydrogen) atoms. The third kappa shape index (κ3) is 2.48. The van der Waals surface area contributed by atoms with Crippen LogP contribution in [0.5, 0.6) is 0 Å². The Morgan fingerprint density at radius 1 is 1.50 bits per heavy atom. The zero-order valence-corrected chi connectivity index (χ0v) is 6.47. The van der Waals surface area contributed by atoms with Crippen molar-refractivity contribution in [1.82, 2.24) is 4.90 Å². The summed E-state index contributed by atoms with van der Waals surface area (Å²) in [5, 5.41) is 0. The summed E-state index contributed by atoms with van der Waals surface area (Å²) < 4.78 is 35.4. The molecule has 0 amide bonds. The van der Waals surface area contributed by atoms with Crippen LogP contribution < -0.4 is 0 Å². The van der Waals surface area contributed by atoms with Crippen molar-refractivity contribution in [3.8, 4) is 0 Å². The van der Waals surface area contributed by atoms with Crippen LogP contribution in [-0.4, -0.2) is 36.5 Å². The number of carbonyl (C=O) groups is 1. The van der Waals surface area contributed by atoms with Gasteiger partial charge < -0.3 is 4.79 Å². The number of aldehydes is 1. The Morgan fingerprint density at radius 3 is 2.50 bits per heavy atom. The Labute approximate surface area is 68.3 Å². The first-order valence-electron chi connectivity index (χ1n) is 3.77. The maximum absolute atomic E-state index is 11.8. The molecule has 1 rings (SSSR count). The lowest BCUT2D eigenvalue weighted by Gasteiger charge is -2.40. The van der Waals surface area contributed by atoms with E-state index in [2.05, 4.69) is 0 Å². The Balaban J connectivity index is 2.29. The van der Waals surface area contributed by atoms with Gasteiger partial charge in [-0.25, -0.2) is 0 Å². The van der Waals surface area contributed by atoms with Crippen LogP contribution in [-0.2, 0) is 4.79 Å². The highest BCUT2D eigenvalue weighted by molar-refractivity contribution is 5.50. The summed E-state index contributed by atoms with van der Waals surface area (Å²) in [5.41, 5.74) is 0. The normalized spacial score (nSPS) is 25.1. The molecule has 0 radical (unpaired) electrons. The summed E-state index contributed by atoms with van der Waals surface area (Å²) in [6, 6.07) is -0.177. The molecule has 0 aliphatic carbocycles. The van der Waals surface area contributed by atoms with Gasteiger partial charge in [0.05, 0.1) is 6.54 Å². The van der Waals surface area contributed by atoms with Gasteiger partial charge in [-0.3, -0.25) is 4.90 Å². The molecule has 0 aromatic heterocycles. The van der Waals surface area contributed by atoms with Crippen LogP contribution >= 0.6 is 0 Å². The van der Waals surface area contributed by atoms with Gasteiger partial charge in [0, 0.05) is 19.0 Å². The van der Waals surface area contributed by atoms with Crippen molar-refractivity contribution in [2.75, 3.05) is 13.1 Å². The monoisotopic (exact) mass is 181 g/mol. The van der Waals surface area contributed by atoms with Gasteiger partial charge >= 0.3 is 6.18 Å². The fraction of sp³-hybridized carbons (Fsp3) is 0.857. The second-order valence-electron chi connectivity index (χ2n) is 2.93. The minimum absolute atomic E-state index is 0.177. The van der Waals surface area contributed by atoms with Crippen LogP contribution in [0.25, 0.3) is 0 Å². The number of carbonyl (C=O) groups excluding carboxylic acids is 1. The predicted molar refractivity (Wildman–Crippen MR) is 36.7 cm³/mol. The standard InChI is InChI=1S/C7H10F3NO/c8-7(9,10)5-11-3-1-6(11)2-4-12/h4,6H,1-3,5H2. The van der Waals surface area contributed by atoms with Crippen molar-refractivity contribution in [2.24, 2.45) is 0 Å². The Hall–Kier alpha value is -0.580. The molecule has 1 heterocycles. The minimum atomic E-state index is -4.14. The van der Waals surface area contributed by atoms with Gasteiger partial charge in [-0.05, 0) is 6.42 Å². The number of nitrogens with zero attached hydrogens (tertiary/aromatic N) is 1. The van der Waals surface area contributed by atoms with E-state index in [-0.39, 0.29) is 12.5 Å². The Morgan fingerprint density at radius 2 is 2.17 bits per heavy atom. The lowest BCUT2D eigenvalue weighted by atomic mass is 10.0. The fourth-order valence-corrected chi connectivity index (χ4v) is 1.31. The summed E-state index contributed by atoms with van der Waals surface area (Å²) in [6.45, 7) is -0.427. The topological polar surface area (TPSA) is 20.3 Å². The van der Waals surface area contributed by atoms with Gasteiger partial charge in [0.15, 0.2) is 0 Å². The van der Waals surface area contributed by atoms with E-state index < -0.39 is 12.7 Å². The fourth-order valence-electron chi connectivity index (χ4n) is 1.31. The maximum Gasteiger partial charge on any atom is 0.401 e. The molecule has 0 aromatic rings. The molecule has 0 aromatic carbocycles. The van der Waals surface area contributed by atoms with E-state index in [0.29, 0.717) is 19.3 Å². The molecule has 5 heteroatoms. The first-order valence-corrected chi connectivity index (χ1v) is 3.77. The first kappa shape index (κ1) is 9.51. The van der Waals surface area contributed by atoms with Gasteiger partial charge in [-0.2, -0.15) is 13.2 Å². The summed E-state index contributed by atoms with van der Waals surface area (Å²) in [6.07, 6.45) is -2.54. The molecule has 1 atom stereocenters. The average molecular weight is 181 g/mol. The molecule has 1 saturated heterocycles. The third-order valence-corrected chi connectivity index (χ3v) is 2.02. The number of likely N-dealkylation sites (tertiary alicyclic amines) is 1. The van der Waals surface area contributed by atoms with Gasteiger partial charge in [-0.1, -0.05) is 0 Å². The first-order chi connectivity index (χ1) is 5.53. The molecule has 0 saturated carbocycles. The lowest BCUT2D eigenvalue weighted by molar-refractivity contribution is -0.162. The van der Waals surface area contributed by atoms with Gasteiger partial charge in [0.1, 0.15) is 6.29 Å². The van der Waals surface area contributed by atoms with Gasteiger partial charge in [0.25, 0.3) is 0 Å². The van der Waals surface area contributed by atoms with Crippen LogP contribution in [0.4, 0.5) is 13.2 Å². The van der Waals surface area contributed by atoms with Crippen LogP contribution in [0.15, 0.2) is 0 Å². The highest BCUT2D eigenvalue weighted by Crippen LogP contribution is 2.25. The zero-order chi connectivity index (χ0) is 9.19. The SMILES string of the molecule is O=CCC1CCN1CC(F)(F)F. The molecule has 1 unspecified atom stereocenters. The molecule has 2 nitrogen and oxygen atoms in total. The summed E-state index contributed by atoms with van der Waals surface area (Å²) >= 11 is 0. The van der Waals surface area contributed by atoms with Crippen LogP contribution in [0.3, 0.4) is 0 Å². The summed E-state index contributed by atoms with van der Waals surface area (Å²) in [5.74, 6) is 0. The van der Waals surface area contributed by atoms with Crippen LogP contribution in [0, 0.1) is 0 Å². The number of alkyl halides is 3. The van der Waals surface area contributed by atoms with E-state index in [1.54, 1.807) is 0 Å². The second-order valence-corrected chi connectivity index (χ2v) is 2.93. The predicted octanol–water partition coefficient (Wildman–Crippen LogP) is 1.21. The quantitative estimate of drug-likeness (QED) is 0.610.